The summed E-state index contributed by atoms with van der Waals surface area (Å²) in [5.41, 5.74) is 7.15. The fourth-order valence-corrected chi connectivity index (χ4v) is 2.26. The van der Waals surface area contributed by atoms with E-state index in [1.54, 1.807) is 17.9 Å². The van der Waals surface area contributed by atoms with Gasteiger partial charge in [-0.1, -0.05) is 4.98 Å². The minimum Gasteiger partial charge on any atom is -0.347 e. The first-order chi connectivity index (χ1) is 8.58. The summed E-state index contributed by atoms with van der Waals surface area (Å²) in [6, 6.07) is 0. The highest BCUT2D eigenvalue weighted by atomic mass is 35.5. The molecule has 96 valence electrons. The van der Waals surface area contributed by atoms with Gasteiger partial charge in [0.15, 0.2) is 18.0 Å². The van der Waals surface area contributed by atoms with Gasteiger partial charge < -0.3 is 15.2 Å². The van der Waals surface area contributed by atoms with E-state index in [4.69, 9.17) is 26.8 Å². The van der Waals surface area contributed by atoms with Crippen molar-refractivity contribution in [3.63, 3.8) is 0 Å². The highest BCUT2D eigenvalue weighted by molar-refractivity contribution is 6.33. The number of nitrogen functional groups attached to an aromatic ring is 1. The van der Waals surface area contributed by atoms with Crippen LogP contribution >= 0.6 is 11.6 Å². The third-order valence-corrected chi connectivity index (χ3v) is 3.23. The van der Waals surface area contributed by atoms with Crippen molar-refractivity contribution in [2.75, 3.05) is 12.3 Å². The molecule has 0 radical (unpaired) electrons. The highest BCUT2D eigenvalue weighted by Gasteiger charge is 2.30. The molecule has 1 aliphatic heterocycles. The van der Waals surface area contributed by atoms with E-state index in [0.717, 1.165) is 5.65 Å². The Morgan fingerprint density at radius 1 is 1.61 bits per heavy atom. The Kier molecular flexibility index (Phi) is 2.61. The zero-order chi connectivity index (χ0) is 12.9. The summed E-state index contributed by atoms with van der Waals surface area (Å²) in [6.07, 6.45) is 1.20. The van der Waals surface area contributed by atoms with Gasteiger partial charge in [-0.05, 0) is 18.5 Å². The van der Waals surface area contributed by atoms with Gasteiger partial charge in [-0.25, -0.2) is 14.1 Å². The summed E-state index contributed by atoms with van der Waals surface area (Å²) in [5.74, 6) is 0.321. The second kappa shape index (κ2) is 4.04. The number of nitrogens with zero attached hydrogens (tertiary/aromatic N) is 4. The van der Waals surface area contributed by atoms with Crippen LogP contribution in [-0.2, 0) is 16.5 Å². The maximum Gasteiger partial charge on any atom is 0.346 e. The second-order valence-electron chi connectivity index (χ2n) is 4.14. The van der Waals surface area contributed by atoms with Crippen LogP contribution in [0.15, 0.2) is 6.33 Å². The average molecular weight is 271 g/mol. The van der Waals surface area contributed by atoms with Crippen molar-refractivity contribution in [2.24, 2.45) is 7.05 Å². The zero-order valence-corrected chi connectivity index (χ0v) is 10.8. The highest BCUT2D eigenvalue weighted by Crippen LogP contribution is 2.26. The van der Waals surface area contributed by atoms with E-state index in [9.17, 15) is 0 Å². The molecule has 3 heterocycles. The first kappa shape index (κ1) is 11.6. The number of imidazole rings is 1. The molecule has 1 aliphatic rings. The van der Waals surface area contributed by atoms with Crippen molar-refractivity contribution in [1.29, 1.82) is 0 Å². The molecule has 1 saturated heterocycles. The summed E-state index contributed by atoms with van der Waals surface area (Å²) in [5, 5.41) is 0.284. The predicted octanol–water partition coefficient (Wildman–Crippen LogP) is 0.383. The number of rotatable bonds is 1. The van der Waals surface area contributed by atoms with Crippen molar-refractivity contribution in [2.45, 2.75) is 19.4 Å². The fourth-order valence-electron chi connectivity index (χ4n) is 2.04. The molecule has 0 aliphatic carbocycles. The van der Waals surface area contributed by atoms with Crippen molar-refractivity contribution in [1.82, 2.24) is 14.5 Å². The van der Waals surface area contributed by atoms with Crippen molar-refractivity contribution < 1.29 is 14.0 Å². The minimum absolute atomic E-state index is 0.228. The van der Waals surface area contributed by atoms with Gasteiger partial charge in [0.05, 0.1) is 7.05 Å². The van der Waals surface area contributed by atoms with Crippen LogP contribution in [0.2, 0.25) is 5.15 Å². The van der Waals surface area contributed by atoms with Gasteiger partial charge in [-0.2, -0.15) is 0 Å². The van der Waals surface area contributed by atoms with E-state index in [2.05, 4.69) is 9.97 Å². The molecule has 0 saturated carbocycles. The van der Waals surface area contributed by atoms with Gasteiger partial charge in [0.2, 0.25) is 10.8 Å². The molecule has 2 N–H and O–H groups in total. The lowest BCUT2D eigenvalue weighted by atomic mass is 10.5. The molecular weight excluding hydrogens is 258 g/mol. The SMILES string of the molecule is CC1OCC(n2cnc3c(Cl)nc(N)[n+](C)c32)O1. The van der Waals surface area contributed by atoms with Gasteiger partial charge in [0.25, 0.3) is 0 Å². The molecule has 18 heavy (non-hydrogen) atoms. The van der Waals surface area contributed by atoms with Gasteiger partial charge in [0.1, 0.15) is 12.9 Å². The third kappa shape index (κ3) is 1.63. The summed E-state index contributed by atoms with van der Waals surface area (Å²) in [7, 11) is 1.80. The van der Waals surface area contributed by atoms with Gasteiger partial charge in [-0.15, -0.1) is 0 Å². The van der Waals surface area contributed by atoms with Crippen LogP contribution in [-0.4, -0.2) is 27.4 Å². The number of ether oxygens (including phenoxy) is 2. The standard InChI is InChI=1S/C10H12ClN5O2/c1-5-17-3-6(18-5)16-4-13-7-8(11)14-10(12)15(2)9(7)16/h4-6,12H,3H2,1-2H3/p+1. The maximum absolute atomic E-state index is 6.03. The number of anilines is 1. The summed E-state index contributed by atoms with van der Waals surface area (Å²) in [6.45, 7) is 2.31. The normalized spacial score (nSPS) is 23.9. The number of hydrogen-bond donors (Lipinski definition) is 1. The van der Waals surface area contributed by atoms with Gasteiger partial charge >= 0.3 is 5.95 Å². The number of aryl methyl sites for hydroxylation is 1. The Morgan fingerprint density at radius 2 is 2.39 bits per heavy atom. The van der Waals surface area contributed by atoms with E-state index < -0.39 is 0 Å². The largest absolute Gasteiger partial charge is 0.347 e. The molecule has 0 amide bonds. The fraction of sp³-hybridized carbons (Fsp3) is 0.500. The molecule has 8 heteroatoms. The Balaban J connectivity index is 2.19. The van der Waals surface area contributed by atoms with Gasteiger partial charge in [-0.3, -0.25) is 0 Å². The number of hydrogen-bond acceptors (Lipinski definition) is 5. The molecule has 7 nitrogen and oxygen atoms in total. The lowest BCUT2D eigenvalue weighted by Crippen LogP contribution is -2.37. The van der Waals surface area contributed by atoms with Crippen molar-refractivity contribution >= 4 is 28.7 Å². The molecule has 2 aromatic heterocycles. The molecule has 0 bridgehead atoms. The van der Waals surface area contributed by atoms with Crippen molar-refractivity contribution in [3.8, 4) is 0 Å². The molecule has 0 aromatic carbocycles. The van der Waals surface area contributed by atoms with E-state index >= 15 is 0 Å². The van der Waals surface area contributed by atoms with E-state index in [0.29, 0.717) is 18.1 Å². The van der Waals surface area contributed by atoms with E-state index in [-0.39, 0.29) is 17.7 Å². The smallest absolute Gasteiger partial charge is 0.346 e. The molecular formula is C10H13ClN5O2+. The van der Waals surface area contributed by atoms with Crippen molar-refractivity contribution in [3.05, 3.63) is 11.5 Å². The van der Waals surface area contributed by atoms with Crippen LogP contribution in [0.25, 0.3) is 11.2 Å². The Morgan fingerprint density at radius 3 is 3.06 bits per heavy atom. The van der Waals surface area contributed by atoms with Crippen LogP contribution in [0.4, 0.5) is 5.95 Å². The lowest BCUT2D eigenvalue weighted by Gasteiger charge is -2.09. The van der Waals surface area contributed by atoms with Crippen LogP contribution < -0.4 is 10.3 Å². The maximum atomic E-state index is 6.03. The van der Waals surface area contributed by atoms with Crippen LogP contribution in [0.3, 0.4) is 0 Å². The van der Waals surface area contributed by atoms with Crippen LogP contribution in [0.5, 0.6) is 0 Å². The number of aromatic nitrogens is 4. The number of halogens is 1. The quantitative estimate of drug-likeness (QED) is 0.599. The molecule has 2 atom stereocenters. The van der Waals surface area contributed by atoms with E-state index in [1.165, 1.54) is 0 Å². The van der Waals surface area contributed by atoms with Crippen LogP contribution in [0.1, 0.15) is 13.2 Å². The topological polar surface area (TPSA) is 79.1 Å². The Bertz CT molecular complexity index is 614. The van der Waals surface area contributed by atoms with Gasteiger partial charge in [0, 0.05) is 0 Å². The van der Waals surface area contributed by atoms with Crippen LogP contribution in [0, 0.1) is 0 Å². The zero-order valence-electron chi connectivity index (χ0n) is 10.00. The molecule has 3 rings (SSSR count). The molecule has 2 unspecified atom stereocenters. The molecule has 2 aromatic rings. The first-order valence-electron chi connectivity index (χ1n) is 5.52. The summed E-state index contributed by atoms with van der Waals surface area (Å²) < 4.78 is 14.6. The molecule has 0 spiro atoms. The lowest BCUT2D eigenvalue weighted by molar-refractivity contribution is -0.635. The van der Waals surface area contributed by atoms with E-state index in [1.807, 2.05) is 11.5 Å². The number of nitrogens with two attached hydrogens (primary N) is 1. The monoisotopic (exact) mass is 270 g/mol. The summed E-state index contributed by atoms with van der Waals surface area (Å²) in [4.78, 5) is 8.26. The third-order valence-electron chi connectivity index (χ3n) is 2.97. The minimum atomic E-state index is -0.229. The summed E-state index contributed by atoms with van der Waals surface area (Å²) >= 11 is 6.03. The number of fused-ring (bicyclic) bond motifs is 1. The predicted molar refractivity (Wildman–Crippen MR) is 63.7 cm³/mol. The molecule has 1 fully saturated rings. The average Bonchev–Trinajstić information content (AvgIpc) is 2.91. The first-order valence-corrected chi connectivity index (χ1v) is 5.90. The Labute approximate surface area is 108 Å². The Hall–Kier alpha value is -1.44. The second-order valence-corrected chi connectivity index (χ2v) is 4.49.